The Hall–Kier alpha value is -1.45. The number of nitrogens with two attached hydrogens (primary N) is 1. The molecule has 1 rings (SSSR count). The van der Waals surface area contributed by atoms with E-state index in [2.05, 4.69) is 0 Å². The number of anilines is 1. The molecule has 0 aliphatic rings. The second kappa shape index (κ2) is 3.51. The molecule has 0 radical (unpaired) electrons. The van der Waals surface area contributed by atoms with Crippen LogP contribution in [0, 0.1) is 0 Å². The third-order valence-corrected chi connectivity index (χ3v) is 1.88. The smallest absolute Gasteiger partial charge is 0.270 e. The number of nitrogens with zero attached hydrogens (tertiary/aromatic N) is 2. The van der Waals surface area contributed by atoms with Gasteiger partial charge in [0.1, 0.15) is 5.69 Å². The number of rotatable bonds is 2. The molecule has 0 aromatic carbocycles. The van der Waals surface area contributed by atoms with Gasteiger partial charge in [0.15, 0.2) is 0 Å². The van der Waals surface area contributed by atoms with Gasteiger partial charge in [-0.05, 0) is 13.0 Å². The highest BCUT2D eigenvalue weighted by Gasteiger charge is 2.13. The molecular weight excluding hydrogens is 166 g/mol. The van der Waals surface area contributed by atoms with Gasteiger partial charge in [-0.1, -0.05) is 0 Å². The fourth-order valence-corrected chi connectivity index (χ4v) is 1.20. The van der Waals surface area contributed by atoms with Crippen molar-refractivity contribution < 1.29 is 4.79 Å². The molecular formula is C9H15N3O. The van der Waals surface area contributed by atoms with Crippen LogP contribution in [0.4, 0.5) is 5.69 Å². The molecule has 1 heterocycles. The Morgan fingerprint density at radius 2 is 2.23 bits per heavy atom. The van der Waals surface area contributed by atoms with Crippen molar-refractivity contribution in [1.29, 1.82) is 0 Å². The Bertz CT molecular complexity index is 315. The first-order valence-corrected chi connectivity index (χ1v) is 4.23. The van der Waals surface area contributed by atoms with Crippen LogP contribution in [0.15, 0.2) is 12.3 Å². The lowest BCUT2D eigenvalue weighted by Gasteiger charge is -2.11. The van der Waals surface area contributed by atoms with Gasteiger partial charge in [-0.25, -0.2) is 0 Å². The summed E-state index contributed by atoms with van der Waals surface area (Å²) in [5.74, 6) is -0.0152. The second-order valence-corrected chi connectivity index (χ2v) is 3.14. The van der Waals surface area contributed by atoms with Gasteiger partial charge >= 0.3 is 0 Å². The minimum atomic E-state index is -0.0152. The normalized spacial score (nSPS) is 10.1. The van der Waals surface area contributed by atoms with Gasteiger partial charge in [0, 0.05) is 26.8 Å². The van der Waals surface area contributed by atoms with E-state index in [4.69, 9.17) is 5.73 Å². The molecule has 2 N–H and O–H groups in total. The zero-order valence-corrected chi connectivity index (χ0v) is 8.24. The maximum atomic E-state index is 11.6. The van der Waals surface area contributed by atoms with Gasteiger partial charge in [0.25, 0.3) is 5.91 Å². The van der Waals surface area contributed by atoms with Crippen molar-refractivity contribution in [3.8, 4) is 0 Å². The van der Waals surface area contributed by atoms with Crippen molar-refractivity contribution >= 4 is 11.6 Å². The highest BCUT2D eigenvalue weighted by atomic mass is 16.2. The van der Waals surface area contributed by atoms with E-state index in [1.54, 1.807) is 31.3 Å². The molecule has 1 aromatic heterocycles. The molecule has 1 aromatic rings. The average Bonchev–Trinajstić information content (AvgIpc) is 2.45. The number of aromatic nitrogens is 1. The zero-order valence-electron chi connectivity index (χ0n) is 8.24. The lowest BCUT2D eigenvalue weighted by atomic mass is 10.3. The molecule has 1 amide bonds. The van der Waals surface area contributed by atoms with Gasteiger partial charge in [-0.3, -0.25) is 4.79 Å². The van der Waals surface area contributed by atoms with E-state index < -0.39 is 0 Å². The van der Waals surface area contributed by atoms with E-state index >= 15 is 0 Å². The molecule has 13 heavy (non-hydrogen) atoms. The molecule has 0 saturated carbocycles. The summed E-state index contributed by atoms with van der Waals surface area (Å²) in [6.07, 6.45) is 1.77. The van der Waals surface area contributed by atoms with E-state index in [1.165, 1.54) is 0 Å². The minimum absolute atomic E-state index is 0.0152. The van der Waals surface area contributed by atoms with Crippen molar-refractivity contribution in [3.63, 3.8) is 0 Å². The fourth-order valence-electron chi connectivity index (χ4n) is 1.20. The fraction of sp³-hybridized carbons (Fsp3) is 0.444. The average molecular weight is 181 g/mol. The Morgan fingerprint density at radius 1 is 1.62 bits per heavy atom. The predicted octanol–water partition coefficient (Wildman–Crippen LogP) is 0.792. The Kier molecular flexibility index (Phi) is 2.60. The van der Waals surface area contributed by atoms with Crippen LogP contribution in [0.3, 0.4) is 0 Å². The van der Waals surface area contributed by atoms with Crippen molar-refractivity contribution in [2.75, 3.05) is 19.8 Å². The van der Waals surface area contributed by atoms with Crippen LogP contribution < -0.4 is 5.73 Å². The second-order valence-electron chi connectivity index (χ2n) is 3.14. The summed E-state index contributed by atoms with van der Waals surface area (Å²) in [5.41, 5.74) is 6.88. The molecule has 0 atom stereocenters. The summed E-state index contributed by atoms with van der Waals surface area (Å²) in [7, 11) is 3.46. The Morgan fingerprint density at radius 3 is 2.69 bits per heavy atom. The number of nitrogen functional groups attached to an aromatic ring is 1. The summed E-state index contributed by atoms with van der Waals surface area (Å²) in [6.45, 7) is 2.73. The third kappa shape index (κ3) is 1.83. The molecule has 4 heteroatoms. The summed E-state index contributed by atoms with van der Waals surface area (Å²) >= 11 is 0. The lowest BCUT2D eigenvalue weighted by Crippen LogP contribution is -2.24. The van der Waals surface area contributed by atoms with Gasteiger partial charge in [0.2, 0.25) is 0 Å². The molecule has 0 aliphatic carbocycles. The topological polar surface area (TPSA) is 51.3 Å². The van der Waals surface area contributed by atoms with Gasteiger partial charge < -0.3 is 15.2 Å². The van der Waals surface area contributed by atoms with Crippen LogP contribution in [0.1, 0.15) is 17.4 Å². The predicted molar refractivity (Wildman–Crippen MR) is 52.5 cm³/mol. The monoisotopic (exact) mass is 181 g/mol. The molecule has 0 aliphatic heterocycles. The number of aryl methyl sites for hydroxylation is 1. The largest absolute Gasteiger partial charge is 0.397 e. The van der Waals surface area contributed by atoms with E-state index in [0.29, 0.717) is 11.4 Å². The molecule has 0 spiro atoms. The van der Waals surface area contributed by atoms with Crippen molar-refractivity contribution in [2.24, 2.45) is 0 Å². The first-order chi connectivity index (χ1) is 6.06. The van der Waals surface area contributed by atoms with Gasteiger partial charge in [-0.15, -0.1) is 0 Å². The Balaban J connectivity index is 3.05. The molecule has 72 valence electrons. The number of carbonyl (C=O) groups is 1. The van der Waals surface area contributed by atoms with E-state index in [-0.39, 0.29) is 5.91 Å². The molecule has 0 bridgehead atoms. The lowest BCUT2D eigenvalue weighted by molar-refractivity contribution is 0.0817. The van der Waals surface area contributed by atoms with Gasteiger partial charge in [0.05, 0.1) is 5.69 Å². The summed E-state index contributed by atoms with van der Waals surface area (Å²) in [5, 5.41) is 0. The molecule has 4 nitrogen and oxygen atoms in total. The van der Waals surface area contributed by atoms with Crippen LogP contribution in [0.2, 0.25) is 0 Å². The van der Waals surface area contributed by atoms with E-state index in [0.717, 1.165) is 6.54 Å². The summed E-state index contributed by atoms with van der Waals surface area (Å²) in [6, 6.07) is 1.70. The zero-order chi connectivity index (χ0) is 10.0. The van der Waals surface area contributed by atoms with Crippen LogP contribution in [-0.2, 0) is 6.54 Å². The minimum Gasteiger partial charge on any atom is -0.397 e. The van der Waals surface area contributed by atoms with Crippen molar-refractivity contribution in [3.05, 3.63) is 18.0 Å². The highest BCUT2D eigenvalue weighted by molar-refractivity contribution is 5.93. The third-order valence-electron chi connectivity index (χ3n) is 1.88. The molecule has 0 unspecified atom stereocenters. The van der Waals surface area contributed by atoms with E-state index in [1.807, 2.05) is 11.5 Å². The maximum Gasteiger partial charge on any atom is 0.270 e. The molecule has 0 saturated heterocycles. The number of carbonyl (C=O) groups excluding carboxylic acids is 1. The summed E-state index contributed by atoms with van der Waals surface area (Å²) < 4.78 is 1.84. The Labute approximate surface area is 77.9 Å². The standard InChI is InChI=1S/C9H15N3O/c1-4-12-6-7(10)5-8(12)9(13)11(2)3/h5-6H,4,10H2,1-3H3. The first-order valence-electron chi connectivity index (χ1n) is 4.23. The highest BCUT2D eigenvalue weighted by Crippen LogP contribution is 2.11. The van der Waals surface area contributed by atoms with Gasteiger partial charge in [-0.2, -0.15) is 0 Å². The number of hydrogen-bond acceptors (Lipinski definition) is 2. The van der Waals surface area contributed by atoms with Crippen LogP contribution >= 0.6 is 0 Å². The molecule has 0 fully saturated rings. The maximum absolute atomic E-state index is 11.6. The van der Waals surface area contributed by atoms with Crippen molar-refractivity contribution in [2.45, 2.75) is 13.5 Å². The van der Waals surface area contributed by atoms with Crippen LogP contribution in [0.25, 0.3) is 0 Å². The van der Waals surface area contributed by atoms with Crippen molar-refractivity contribution in [1.82, 2.24) is 9.47 Å². The number of hydrogen-bond donors (Lipinski definition) is 1. The first kappa shape index (κ1) is 9.64. The summed E-state index contributed by atoms with van der Waals surface area (Å²) in [4.78, 5) is 13.1. The quantitative estimate of drug-likeness (QED) is 0.733. The van der Waals surface area contributed by atoms with Crippen LogP contribution in [-0.4, -0.2) is 29.5 Å². The van der Waals surface area contributed by atoms with Crippen LogP contribution in [0.5, 0.6) is 0 Å². The SMILES string of the molecule is CCn1cc(N)cc1C(=O)N(C)C. The number of amides is 1. The van der Waals surface area contributed by atoms with E-state index in [9.17, 15) is 4.79 Å².